The van der Waals surface area contributed by atoms with Crippen molar-refractivity contribution in [3.63, 3.8) is 0 Å². The lowest BCUT2D eigenvalue weighted by Gasteiger charge is -2.42. The third-order valence-corrected chi connectivity index (χ3v) is 4.18. The summed E-state index contributed by atoms with van der Waals surface area (Å²) in [5.41, 5.74) is 2.09. The zero-order chi connectivity index (χ0) is 16.2. The Balaban J connectivity index is 1.56. The molecule has 1 fully saturated rings. The highest BCUT2D eigenvalue weighted by atomic mass is 19.1. The van der Waals surface area contributed by atoms with Crippen LogP contribution in [0.3, 0.4) is 0 Å². The van der Waals surface area contributed by atoms with Gasteiger partial charge in [0, 0.05) is 25.5 Å². The van der Waals surface area contributed by atoms with E-state index in [1.165, 1.54) is 12.1 Å². The van der Waals surface area contributed by atoms with Crippen LogP contribution in [-0.2, 0) is 11.3 Å². The van der Waals surface area contributed by atoms with Gasteiger partial charge < -0.3 is 4.90 Å². The predicted octanol–water partition coefficient (Wildman–Crippen LogP) is 2.63. The maximum absolute atomic E-state index is 13.0. The Morgan fingerprint density at radius 1 is 1.35 bits per heavy atom. The summed E-state index contributed by atoms with van der Waals surface area (Å²) in [4.78, 5) is 20.4. The van der Waals surface area contributed by atoms with E-state index in [0.717, 1.165) is 24.1 Å². The molecule has 23 heavy (non-hydrogen) atoms. The molecular weight excluding hydrogens is 293 g/mol. The molecule has 0 bridgehead atoms. The Kier molecular flexibility index (Phi) is 4.67. The quantitative estimate of drug-likeness (QED) is 0.851. The van der Waals surface area contributed by atoms with Crippen LogP contribution in [-0.4, -0.2) is 40.8 Å². The summed E-state index contributed by atoms with van der Waals surface area (Å²) in [6.45, 7) is 1.82. The molecule has 3 rings (SSSR count). The summed E-state index contributed by atoms with van der Waals surface area (Å²) in [6, 6.07) is 10.4. The number of amides is 1. The molecule has 0 aliphatic carbocycles. The van der Waals surface area contributed by atoms with Gasteiger partial charge in [-0.2, -0.15) is 0 Å². The van der Waals surface area contributed by atoms with Crippen molar-refractivity contribution in [2.75, 3.05) is 20.1 Å². The van der Waals surface area contributed by atoms with Crippen LogP contribution in [0.4, 0.5) is 4.39 Å². The van der Waals surface area contributed by atoms with E-state index in [1.54, 1.807) is 18.3 Å². The van der Waals surface area contributed by atoms with Crippen LogP contribution in [0, 0.1) is 5.82 Å². The Morgan fingerprint density at radius 2 is 2.13 bits per heavy atom. The summed E-state index contributed by atoms with van der Waals surface area (Å²) in [5, 5.41) is 0. The van der Waals surface area contributed by atoms with Gasteiger partial charge in [0.1, 0.15) is 5.82 Å². The molecule has 1 aromatic carbocycles. The predicted molar refractivity (Wildman–Crippen MR) is 86.0 cm³/mol. The Bertz CT molecular complexity index is 660. The van der Waals surface area contributed by atoms with Crippen LogP contribution in [0.25, 0.3) is 0 Å². The third-order valence-electron chi connectivity index (χ3n) is 4.18. The highest BCUT2D eigenvalue weighted by Gasteiger charge is 2.33. The molecule has 4 nitrogen and oxygen atoms in total. The number of hydrogen-bond acceptors (Lipinski definition) is 3. The van der Waals surface area contributed by atoms with Crippen LogP contribution >= 0.6 is 0 Å². The fourth-order valence-corrected chi connectivity index (χ4v) is 2.90. The number of hydrogen-bond donors (Lipinski definition) is 0. The molecule has 1 atom stereocenters. The van der Waals surface area contributed by atoms with E-state index in [1.807, 2.05) is 35.2 Å². The zero-order valence-electron chi connectivity index (χ0n) is 13.2. The summed E-state index contributed by atoms with van der Waals surface area (Å²) in [7, 11) is 1.93. The molecule has 1 saturated heterocycles. The van der Waals surface area contributed by atoms with Gasteiger partial charge in [-0.15, -0.1) is 0 Å². The monoisotopic (exact) mass is 313 g/mol. The number of pyridine rings is 1. The van der Waals surface area contributed by atoms with Crippen molar-refractivity contribution < 1.29 is 9.18 Å². The molecule has 0 unspecified atom stereocenters. The summed E-state index contributed by atoms with van der Waals surface area (Å²) in [6.07, 6.45) is 4.48. The fraction of sp³-hybridized carbons (Fsp3) is 0.333. The van der Waals surface area contributed by atoms with Crippen molar-refractivity contribution in [3.05, 3.63) is 65.7 Å². The molecule has 2 heterocycles. The van der Waals surface area contributed by atoms with E-state index in [9.17, 15) is 9.18 Å². The largest absolute Gasteiger partial charge is 0.334 e. The second-order valence-electron chi connectivity index (χ2n) is 5.98. The lowest BCUT2D eigenvalue weighted by Crippen LogP contribution is -2.48. The number of halogens is 1. The maximum atomic E-state index is 13.0. The van der Waals surface area contributed by atoms with Gasteiger partial charge in [0.15, 0.2) is 0 Å². The van der Waals surface area contributed by atoms with E-state index in [2.05, 4.69) is 4.98 Å². The summed E-state index contributed by atoms with van der Waals surface area (Å²) >= 11 is 0. The Morgan fingerprint density at radius 3 is 2.74 bits per heavy atom. The first-order valence-electron chi connectivity index (χ1n) is 7.76. The molecule has 1 amide bonds. The second kappa shape index (κ2) is 6.87. The van der Waals surface area contributed by atoms with Crippen molar-refractivity contribution in [3.8, 4) is 0 Å². The van der Waals surface area contributed by atoms with Crippen LogP contribution < -0.4 is 0 Å². The van der Waals surface area contributed by atoms with Crippen LogP contribution in [0.1, 0.15) is 23.6 Å². The Hall–Kier alpha value is -2.27. The average molecular weight is 313 g/mol. The number of nitrogens with zero attached hydrogens (tertiary/aromatic N) is 3. The molecule has 0 N–H and O–H groups in total. The number of aromatic nitrogens is 1. The van der Waals surface area contributed by atoms with Gasteiger partial charge in [0.2, 0.25) is 5.91 Å². The average Bonchev–Trinajstić information content (AvgIpc) is 2.49. The second-order valence-corrected chi connectivity index (χ2v) is 5.98. The van der Waals surface area contributed by atoms with Gasteiger partial charge in [-0.05, 0) is 42.8 Å². The van der Waals surface area contributed by atoms with Gasteiger partial charge in [0.05, 0.1) is 12.6 Å². The van der Waals surface area contributed by atoms with Crippen molar-refractivity contribution in [1.82, 2.24) is 14.8 Å². The molecular formula is C18H20FN3O. The van der Waals surface area contributed by atoms with E-state index >= 15 is 0 Å². The SMILES string of the molecule is CN(CC(=O)N1CC[C@H]1c1ccc(F)cc1)Cc1cccnc1. The first-order valence-corrected chi connectivity index (χ1v) is 7.76. The summed E-state index contributed by atoms with van der Waals surface area (Å²) < 4.78 is 13.0. The molecule has 5 heteroatoms. The van der Waals surface area contributed by atoms with Crippen LogP contribution in [0.5, 0.6) is 0 Å². The van der Waals surface area contributed by atoms with Crippen molar-refractivity contribution in [2.45, 2.75) is 19.0 Å². The highest BCUT2D eigenvalue weighted by molar-refractivity contribution is 5.79. The number of likely N-dealkylation sites (N-methyl/N-ethyl adjacent to an activating group) is 1. The third kappa shape index (κ3) is 3.74. The normalized spacial score (nSPS) is 17.2. The van der Waals surface area contributed by atoms with E-state index in [4.69, 9.17) is 0 Å². The number of carbonyl (C=O) groups is 1. The van der Waals surface area contributed by atoms with Gasteiger partial charge in [-0.1, -0.05) is 18.2 Å². The van der Waals surface area contributed by atoms with Crippen LogP contribution in [0.2, 0.25) is 0 Å². The zero-order valence-corrected chi connectivity index (χ0v) is 13.2. The first-order chi connectivity index (χ1) is 11.1. The minimum atomic E-state index is -0.248. The standard InChI is InChI=1S/C18H20FN3O/c1-21(12-14-3-2-9-20-11-14)13-18(23)22-10-8-17(22)15-4-6-16(19)7-5-15/h2-7,9,11,17H,8,10,12-13H2,1H3/t17-/m0/s1. The highest BCUT2D eigenvalue weighted by Crippen LogP contribution is 2.33. The fourth-order valence-electron chi connectivity index (χ4n) is 2.90. The molecule has 120 valence electrons. The van der Waals surface area contributed by atoms with Crippen molar-refractivity contribution >= 4 is 5.91 Å². The molecule has 1 aliphatic heterocycles. The van der Waals surface area contributed by atoms with E-state index < -0.39 is 0 Å². The number of rotatable bonds is 5. The molecule has 0 radical (unpaired) electrons. The lowest BCUT2D eigenvalue weighted by atomic mass is 9.94. The van der Waals surface area contributed by atoms with Gasteiger partial charge in [-0.25, -0.2) is 4.39 Å². The first kappa shape index (κ1) is 15.6. The molecule has 1 aromatic heterocycles. The lowest BCUT2D eigenvalue weighted by molar-refractivity contribution is -0.140. The minimum Gasteiger partial charge on any atom is -0.334 e. The molecule has 1 aliphatic rings. The van der Waals surface area contributed by atoms with Crippen molar-refractivity contribution in [2.24, 2.45) is 0 Å². The number of likely N-dealkylation sites (tertiary alicyclic amines) is 1. The number of benzene rings is 1. The molecule has 0 spiro atoms. The maximum Gasteiger partial charge on any atom is 0.237 e. The van der Waals surface area contributed by atoms with Gasteiger partial charge in [-0.3, -0.25) is 14.7 Å². The van der Waals surface area contributed by atoms with Gasteiger partial charge >= 0.3 is 0 Å². The van der Waals surface area contributed by atoms with E-state index in [0.29, 0.717) is 13.1 Å². The topological polar surface area (TPSA) is 36.4 Å². The number of carbonyl (C=O) groups excluding carboxylic acids is 1. The minimum absolute atomic E-state index is 0.0786. The van der Waals surface area contributed by atoms with Crippen molar-refractivity contribution in [1.29, 1.82) is 0 Å². The smallest absolute Gasteiger partial charge is 0.237 e. The van der Waals surface area contributed by atoms with Crippen LogP contribution in [0.15, 0.2) is 48.8 Å². The Labute approximate surface area is 135 Å². The molecule has 2 aromatic rings. The van der Waals surface area contributed by atoms with Gasteiger partial charge in [0.25, 0.3) is 0 Å². The van der Waals surface area contributed by atoms with E-state index in [-0.39, 0.29) is 17.8 Å². The summed E-state index contributed by atoms with van der Waals surface area (Å²) in [5.74, 6) is -0.140. The molecule has 0 saturated carbocycles.